The zero-order chi connectivity index (χ0) is 16.4. The second-order valence-electron chi connectivity index (χ2n) is 5.75. The molecule has 0 aliphatic carbocycles. The fraction of sp³-hybridized carbons (Fsp3) is 0.571. The molecule has 0 radical (unpaired) electrons. The molecule has 0 saturated carbocycles. The Bertz CT molecular complexity index is 632. The summed E-state index contributed by atoms with van der Waals surface area (Å²) in [4.78, 5) is 35.1. The lowest BCUT2D eigenvalue weighted by Crippen LogP contribution is -2.46. The first-order valence-electron chi connectivity index (χ1n) is 6.64. The molecule has 1 aromatic heterocycles. The van der Waals surface area contributed by atoms with Gasteiger partial charge in [0.15, 0.2) is 0 Å². The average molecular weight is 295 g/mol. The van der Waals surface area contributed by atoms with E-state index < -0.39 is 23.0 Å². The number of hydrogen-bond acceptors (Lipinski definition) is 4. The van der Waals surface area contributed by atoms with E-state index in [4.69, 9.17) is 5.11 Å². The minimum atomic E-state index is -0.927. The van der Waals surface area contributed by atoms with Crippen LogP contribution in [-0.4, -0.2) is 32.3 Å². The van der Waals surface area contributed by atoms with Gasteiger partial charge in [-0.3, -0.25) is 14.4 Å². The lowest BCUT2D eigenvalue weighted by Gasteiger charge is -2.26. The maximum Gasteiger partial charge on any atom is 0.303 e. The van der Waals surface area contributed by atoms with E-state index in [2.05, 4.69) is 10.4 Å². The summed E-state index contributed by atoms with van der Waals surface area (Å²) in [5.74, 6) is -1.43. The van der Waals surface area contributed by atoms with Crippen molar-refractivity contribution < 1.29 is 14.7 Å². The van der Waals surface area contributed by atoms with E-state index in [1.54, 1.807) is 27.7 Å². The smallest absolute Gasteiger partial charge is 0.303 e. The minimum Gasteiger partial charge on any atom is -0.481 e. The topological polar surface area (TPSA) is 101 Å². The molecule has 21 heavy (non-hydrogen) atoms. The van der Waals surface area contributed by atoms with Gasteiger partial charge in [-0.1, -0.05) is 0 Å². The van der Waals surface area contributed by atoms with E-state index in [0.29, 0.717) is 11.3 Å². The molecule has 116 valence electrons. The molecule has 0 bridgehead atoms. The first-order chi connectivity index (χ1) is 9.55. The maximum absolute atomic E-state index is 12.4. The second-order valence-corrected chi connectivity index (χ2v) is 5.75. The number of aliphatic carboxylic acids is 1. The predicted octanol–water partition coefficient (Wildman–Crippen LogP) is 0.770. The molecule has 0 spiro atoms. The number of carbonyl (C=O) groups excluding carboxylic acids is 1. The van der Waals surface area contributed by atoms with Crippen molar-refractivity contribution in [1.29, 1.82) is 0 Å². The van der Waals surface area contributed by atoms with Crippen LogP contribution >= 0.6 is 0 Å². The summed E-state index contributed by atoms with van der Waals surface area (Å²) in [5, 5.41) is 15.5. The number of nitrogens with zero attached hydrogens (tertiary/aromatic N) is 2. The van der Waals surface area contributed by atoms with Gasteiger partial charge in [-0.2, -0.15) is 5.10 Å². The first-order valence-corrected chi connectivity index (χ1v) is 6.64. The van der Waals surface area contributed by atoms with Crippen LogP contribution in [0.25, 0.3) is 0 Å². The molecule has 1 rings (SSSR count). The zero-order valence-corrected chi connectivity index (χ0v) is 13.0. The van der Waals surface area contributed by atoms with Gasteiger partial charge in [-0.15, -0.1) is 0 Å². The van der Waals surface area contributed by atoms with Gasteiger partial charge in [0.1, 0.15) is 5.56 Å². The van der Waals surface area contributed by atoms with Crippen molar-refractivity contribution in [3.63, 3.8) is 0 Å². The highest BCUT2D eigenvalue weighted by Crippen LogP contribution is 2.13. The largest absolute Gasteiger partial charge is 0.481 e. The number of carboxylic acid groups (broad SMARTS) is 1. The molecule has 0 unspecified atom stereocenters. The van der Waals surface area contributed by atoms with Crippen LogP contribution in [-0.2, 0) is 11.8 Å². The van der Waals surface area contributed by atoms with Crippen LogP contribution in [0.5, 0.6) is 0 Å². The molecule has 0 aliphatic heterocycles. The first kappa shape index (κ1) is 16.9. The van der Waals surface area contributed by atoms with Gasteiger partial charge >= 0.3 is 5.97 Å². The third-order valence-electron chi connectivity index (χ3n) is 3.37. The Labute approximate surface area is 123 Å². The average Bonchev–Trinajstić information content (AvgIpc) is 2.34. The summed E-state index contributed by atoms with van der Waals surface area (Å²) in [6.45, 7) is 6.84. The molecular formula is C14H21N3O4. The van der Waals surface area contributed by atoms with E-state index in [9.17, 15) is 14.4 Å². The number of rotatable bonds is 5. The summed E-state index contributed by atoms with van der Waals surface area (Å²) in [5.41, 5.74) is -0.00217. The van der Waals surface area contributed by atoms with E-state index in [1.165, 1.54) is 7.05 Å². The molecule has 0 saturated heterocycles. The Morgan fingerprint density at radius 3 is 2.43 bits per heavy atom. The van der Waals surface area contributed by atoms with E-state index in [0.717, 1.165) is 4.68 Å². The van der Waals surface area contributed by atoms with Crippen molar-refractivity contribution in [2.24, 2.45) is 7.05 Å². The summed E-state index contributed by atoms with van der Waals surface area (Å²) >= 11 is 0. The molecule has 0 fully saturated rings. The highest BCUT2D eigenvalue weighted by molar-refractivity contribution is 5.95. The van der Waals surface area contributed by atoms with E-state index >= 15 is 0 Å². The number of aromatic nitrogens is 2. The molecule has 1 aromatic rings. The number of carboxylic acids is 1. The van der Waals surface area contributed by atoms with Crippen molar-refractivity contribution in [2.75, 3.05) is 0 Å². The van der Waals surface area contributed by atoms with Gasteiger partial charge in [-0.25, -0.2) is 4.68 Å². The van der Waals surface area contributed by atoms with Crippen molar-refractivity contribution in [3.05, 3.63) is 27.2 Å². The van der Waals surface area contributed by atoms with Crippen LogP contribution in [0.2, 0.25) is 0 Å². The molecule has 1 heterocycles. The summed E-state index contributed by atoms with van der Waals surface area (Å²) in [7, 11) is 1.49. The number of amides is 1. The molecule has 0 aromatic carbocycles. The monoisotopic (exact) mass is 295 g/mol. The Morgan fingerprint density at radius 2 is 1.90 bits per heavy atom. The van der Waals surface area contributed by atoms with E-state index in [-0.39, 0.29) is 18.4 Å². The van der Waals surface area contributed by atoms with Crippen LogP contribution in [0.4, 0.5) is 0 Å². The fourth-order valence-electron chi connectivity index (χ4n) is 1.97. The lowest BCUT2D eigenvalue weighted by atomic mass is 9.97. The number of aryl methyl sites for hydroxylation is 2. The van der Waals surface area contributed by atoms with Crippen molar-refractivity contribution in [1.82, 2.24) is 15.1 Å². The van der Waals surface area contributed by atoms with Crippen LogP contribution < -0.4 is 10.9 Å². The van der Waals surface area contributed by atoms with Gasteiger partial charge in [-0.05, 0) is 39.7 Å². The van der Waals surface area contributed by atoms with Crippen molar-refractivity contribution >= 4 is 11.9 Å². The Morgan fingerprint density at radius 1 is 1.33 bits per heavy atom. The summed E-state index contributed by atoms with van der Waals surface area (Å²) in [6.07, 6.45) is 0.219. The third kappa shape index (κ3) is 4.14. The quantitative estimate of drug-likeness (QED) is 0.835. The zero-order valence-electron chi connectivity index (χ0n) is 13.0. The van der Waals surface area contributed by atoms with Gasteiger partial charge < -0.3 is 10.4 Å². The molecule has 0 aliphatic rings. The summed E-state index contributed by atoms with van der Waals surface area (Å²) < 4.78 is 1.13. The Hall–Kier alpha value is -2.18. The Kier molecular flexibility index (Phi) is 4.88. The van der Waals surface area contributed by atoms with E-state index in [1.807, 2.05) is 0 Å². The minimum absolute atomic E-state index is 0.0494. The number of carbonyl (C=O) groups is 2. The molecule has 1 amide bonds. The Balaban J connectivity index is 3.05. The summed E-state index contributed by atoms with van der Waals surface area (Å²) in [6, 6.07) is 0. The van der Waals surface area contributed by atoms with Gasteiger partial charge in [0.05, 0.1) is 5.69 Å². The third-order valence-corrected chi connectivity index (χ3v) is 3.37. The number of hydrogen-bond donors (Lipinski definition) is 2. The van der Waals surface area contributed by atoms with Crippen molar-refractivity contribution in [2.45, 2.75) is 46.1 Å². The van der Waals surface area contributed by atoms with Gasteiger partial charge in [0.25, 0.3) is 11.5 Å². The van der Waals surface area contributed by atoms with Crippen LogP contribution in [0, 0.1) is 13.8 Å². The molecular weight excluding hydrogens is 274 g/mol. The second kappa shape index (κ2) is 6.07. The van der Waals surface area contributed by atoms with Crippen LogP contribution in [0.15, 0.2) is 4.79 Å². The van der Waals surface area contributed by atoms with Gasteiger partial charge in [0, 0.05) is 19.0 Å². The number of nitrogens with one attached hydrogen (secondary N) is 1. The van der Waals surface area contributed by atoms with Gasteiger partial charge in [0.2, 0.25) is 0 Å². The molecule has 0 atom stereocenters. The predicted molar refractivity (Wildman–Crippen MR) is 77.4 cm³/mol. The molecule has 2 N–H and O–H groups in total. The fourth-order valence-corrected chi connectivity index (χ4v) is 1.97. The van der Waals surface area contributed by atoms with Crippen LogP contribution in [0.3, 0.4) is 0 Å². The molecule has 7 nitrogen and oxygen atoms in total. The maximum atomic E-state index is 12.4. The van der Waals surface area contributed by atoms with Crippen LogP contribution in [0.1, 0.15) is 48.3 Å². The highest BCUT2D eigenvalue weighted by atomic mass is 16.4. The standard InChI is InChI=1S/C14H21N3O4/c1-8-9(2)16-17(5)13(21)11(8)12(20)15-14(3,4)7-6-10(18)19/h6-7H2,1-5H3,(H,15,20)(H,18,19). The SMILES string of the molecule is Cc1nn(C)c(=O)c(C(=O)NC(C)(C)CCC(=O)O)c1C. The lowest BCUT2D eigenvalue weighted by molar-refractivity contribution is -0.137. The normalized spacial score (nSPS) is 11.3. The highest BCUT2D eigenvalue weighted by Gasteiger charge is 2.25. The molecule has 7 heteroatoms. The van der Waals surface area contributed by atoms with Crippen molar-refractivity contribution in [3.8, 4) is 0 Å².